The van der Waals surface area contributed by atoms with Crippen LogP contribution < -0.4 is 10.1 Å². The maximum atomic E-state index is 9.75. The van der Waals surface area contributed by atoms with Crippen molar-refractivity contribution in [2.75, 3.05) is 26.3 Å². The predicted molar refractivity (Wildman–Crippen MR) is 87.9 cm³/mol. The Morgan fingerprint density at radius 3 is 2.12 bits per heavy atom. The van der Waals surface area contributed by atoms with E-state index >= 15 is 0 Å². The maximum absolute atomic E-state index is 9.75. The molecule has 0 aromatic carbocycles. The number of aryl methyl sites for hydroxylation is 1. The van der Waals surface area contributed by atoms with Gasteiger partial charge in [-0.15, -0.1) is 0 Å². The Morgan fingerprint density at radius 1 is 1.00 bits per heavy atom. The molecule has 2 heterocycles. The number of hydrogen-bond donors (Lipinski definition) is 0. The third-order valence-electron chi connectivity index (χ3n) is 4.07. The van der Waals surface area contributed by atoms with E-state index in [0.29, 0.717) is 0 Å². The van der Waals surface area contributed by atoms with Gasteiger partial charge in [-0.1, -0.05) is 0 Å². The summed E-state index contributed by atoms with van der Waals surface area (Å²) in [6, 6.07) is 0. The Morgan fingerprint density at radius 2 is 1.56 bits per heavy atom. The van der Waals surface area contributed by atoms with Crippen LogP contribution in [-0.2, 0) is 23.0 Å². The van der Waals surface area contributed by atoms with Crippen molar-refractivity contribution in [2.24, 2.45) is 0 Å². The van der Waals surface area contributed by atoms with E-state index in [-0.39, 0.29) is 5.41 Å². The van der Waals surface area contributed by atoms with Crippen molar-refractivity contribution in [3.8, 4) is 0 Å². The monoisotopic (exact) mass is 364 g/mol. The van der Waals surface area contributed by atoms with Gasteiger partial charge < -0.3 is 26.4 Å². The van der Waals surface area contributed by atoms with E-state index in [1.165, 1.54) is 18.4 Å². The minimum absolute atomic E-state index is 0.0481. The lowest BCUT2D eigenvalue weighted by Crippen LogP contribution is -2.44. The molecule has 0 N–H and O–H groups in total. The van der Waals surface area contributed by atoms with E-state index in [2.05, 4.69) is 25.3 Å². The van der Waals surface area contributed by atoms with E-state index in [9.17, 15) is 17.3 Å². The number of aromatic nitrogens is 1. The average molecular weight is 364 g/mol. The first-order valence-electron chi connectivity index (χ1n) is 8.62. The van der Waals surface area contributed by atoms with Gasteiger partial charge in [0.2, 0.25) is 0 Å². The molecule has 1 aromatic heterocycles. The first-order valence-corrected chi connectivity index (χ1v) is 8.62. The SMILES string of the molecule is CC(C)(C)c1nc(=[N+]2CCOCC2)c2c(o1)CCCC2.F[B-](F)(F)F. The summed E-state index contributed by atoms with van der Waals surface area (Å²) in [4.78, 5) is 4.88. The summed E-state index contributed by atoms with van der Waals surface area (Å²) >= 11 is 0. The molecule has 1 aliphatic heterocycles. The third kappa shape index (κ3) is 6.13. The lowest BCUT2D eigenvalue weighted by Gasteiger charge is -2.19. The molecule has 0 saturated carbocycles. The van der Waals surface area contributed by atoms with Crippen LogP contribution >= 0.6 is 0 Å². The fourth-order valence-electron chi connectivity index (χ4n) is 2.89. The minimum Gasteiger partial charge on any atom is -0.427 e. The van der Waals surface area contributed by atoms with Crippen molar-refractivity contribution in [1.29, 1.82) is 0 Å². The summed E-state index contributed by atoms with van der Waals surface area (Å²) in [6.07, 6.45) is 4.63. The number of rotatable bonds is 0. The van der Waals surface area contributed by atoms with Crippen molar-refractivity contribution < 1.29 is 26.4 Å². The van der Waals surface area contributed by atoms with Crippen LogP contribution in [-0.4, -0.2) is 38.5 Å². The molecule has 9 heteroatoms. The van der Waals surface area contributed by atoms with Crippen molar-refractivity contribution in [3.05, 3.63) is 22.7 Å². The van der Waals surface area contributed by atoms with Crippen LogP contribution in [0, 0.1) is 0 Å². The zero-order valence-corrected chi connectivity index (χ0v) is 15.0. The second-order valence-corrected chi connectivity index (χ2v) is 7.30. The molecule has 4 nitrogen and oxygen atoms in total. The molecule has 0 bridgehead atoms. The molecule has 0 radical (unpaired) electrons. The topological polar surface area (TPSA) is 38.3 Å². The van der Waals surface area contributed by atoms with Gasteiger partial charge >= 0.3 is 18.6 Å². The Balaban J connectivity index is 0.000000399. The lowest BCUT2D eigenvalue weighted by molar-refractivity contribution is 0.0952. The minimum atomic E-state index is -6.00. The number of morpholine rings is 1. The number of fused-ring (bicyclic) bond motifs is 1. The van der Waals surface area contributed by atoms with E-state index in [1.807, 2.05) is 0 Å². The van der Waals surface area contributed by atoms with E-state index in [4.69, 9.17) is 14.1 Å². The highest BCUT2D eigenvalue weighted by Gasteiger charge is 2.30. The summed E-state index contributed by atoms with van der Waals surface area (Å²) in [7, 11) is -6.00. The van der Waals surface area contributed by atoms with Gasteiger partial charge in [0.05, 0.1) is 24.2 Å². The normalized spacial score (nSPS) is 18.3. The fourth-order valence-corrected chi connectivity index (χ4v) is 2.89. The molecule has 142 valence electrons. The smallest absolute Gasteiger partial charge is 0.427 e. The Bertz CT molecular complexity index is 652. The van der Waals surface area contributed by atoms with Crippen molar-refractivity contribution in [2.45, 2.75) is 51.9 Å². The molecule has 0 amide bonds. The molecule has 1 aromatic rings. The summed E-state index contributed by atoms with van der Waals surface area (Å²) in [5, 5.41) is 0. The van der Waals surface area contributed by atoms with Gasteiger partial charge in [-0.2, -0.15) is 0 Å². The summed E-state index contributed by atoms with van der Waals surface area (Å²) in [5.41, 5.74) is 2.44. The largest absolute Gasteiger partial charge is 0.673 e. The van der Waals surface area contributed by atoms with Crippen molar-refractivity contribution >= 4 is 7.25 Å². The van der Waals surface area contributed by atoms with Crippen LogP contribution in [0.15, 0.2) is 4.42 Å². The van der Waals surface area contributed by atoms with E-state index in [0.717, 1.165) is 56.3 Å². The third-order valence-corrected chi connectivity index (χ3v) is 4.07. The molecule has 0 spiro atoms. The van der Waals surface area contributed by atoms with Crippen molar-refractivity contribution in [1.82, 2.24) is 9.56 Å². The second kappa shape index (κ2) is 7.89. The fraction of sp³-hybridized carbons (Fsp3) is 0.750. The first kappa shape index (κ1) is 19.9. The highest BCUT2D eigenvalue weighted by atomic mass is 19.5. The van der Waals surface area contributed by atoms with Crippen LogP contribution in [0.1, 0.15) is 50.8 Å². The standard InChI is InChI=1S/C16H25N2O2.BF4/c1-16(2,3)15-17-14(18-8-10-19-11-9-18)12-6-4-5-7-13(12)20-15;2-1(3,4)5/h4-11H2,1-3H3;/q+1;-1. The molecular formula is C16H25BF4N2O2. The predicted octanol–water partition coefficient (Wildman–Crippen LogP) is 2.95. The molecular weight excluding hydrogens is 339 g/mol. The summed E-state index contributed by atoms with van der Waals surface area (Å²) in [5.74, 6) is 2.03. The average Bonchev–Trinajstić information content (AvgIpc) is 2.52. The van der Waals surface area contributed by atoms with E-state index < -0.39 is 7.25 Å². The summed E-state index contributed by atoms with van der Waals surface area (Å²) in [6.45, 7) is 9.96. The zero-order chi connectivity index (χ0) is 18.7. The molecule has 0 unspecified atom stereocenters. The highest BCUT2D eigenvalue weighted by molar-refractivity contribution is 6.50. The molecule has 2 aliphatic rings. The Hall–Kier alpha value is -1.38. The van der Waals surface area contributed by atoms with Gasteiger partial charge in [0.15, 0.2) is 0 Å². The van der Waals surface area contributed by atoms with Gasteiger partial charge in [0.1, 0.15) is 18.8 Å². The van der Waals surface area contributed by atoms with Crippen LogP contribution in [0.4, 0.5) is 17.3 Å². The number of halogens is 4. The Labute approximate surface area is 145 Å². The van der Waals surface area contributed by atoms with Crippen LogP contribution in [0.5, 0.6) is 0 Å². The van der Waals surface area contributed by atoms with Gasteiger partial charge in [0.25, 0.3) is 0 Å². The lowest BCUT2D eigenvalue weighted by atomic mass is 9.94. The van der Waals surface area contributed by atoms with E-state index in [1.54, 1.807) is 0 Å². The molecule has 3 rings (SSSR count). The van der Waals surface area contributed by atoms with Gasteiger partial charge in [-0.25, -0.2) is 0 Å². The van der Waals surface area contributed by atoms with Gasteiger partial charge in [0, 0.05) is 6.42 Å². The highest BCUT2D eigenvalue weighted by Crippen LogP contribution is 2.24. The van der Waals surface area contributed by atoms with Crippen LogP contribution in [0.25, 0.3) is 0 Å². The molecule has 25 heavy (non-hydrogen) atoms. The molecule has 0 atom stereocenters. The second-order valence-electron chi connectivity index (χ2n) is 7.30. The number of hydrogen-bond acceptors (Lipinski definition) is 3. The Kier molecular flexibility index (Phi) is 6.29. The summed E-state index contributed by atoms with van der Waals surface area (Å²) < 4.78 is 53.0. The first-order chi connectivity index (χ1) is 11.6. The number of nitrogens with zero attached hydrogens (tertiary/aromatic N) is 2. The molecule has 1 saturated heterocycles. The van der Waals surface area contributed by atoms with Gasteiger partial charge in [-0.05, 0) is 45.0 Å². The number of ether oxygens (including phenoxy) is 1. The maximum Gasteiger partial charge on any atom is 0.673 e. The molecule has 1 fully saturated rings. The molecule has 1 aliphatic carbocycles. The zero-order valence-electron chi connectivity index (χ0n) is 15.0. The van der Waals surface area contributed by atoms with Crippen molar-refractivity contribution in [3.63, 3.8) is 0 Å². The van der Waals surface area contributed by atoms with Crippen LogP contribution in [0.3, 0.4) is 0 Å². The van der Waals surface area contributed by atoms with Gasteiger partial charge in [-0.3, -0.25) is 4.58 Å². The quantitative estimate of drug-likeness (QED) is 0.404. The van der Waals surface area contributed by atoms with Crippen LogP contribution in [0.2, 0.25) is 0 Å².